The first-order valence-corrected chi connectivity index (χ1v) is 7.03. The SMILES string of the molecule is CCC1(C)CCN(c2ccc(N)c(OC(F)F)c2)CC1. The van der Waals surface area contributed by atoms with Gasteiger partial charge in [0.05, 0.1) is 5.69 Å². The number of alkyl halides is 2. The Bertz CT molecular complexity index is 457. The third kappa shape index (κ3) is 3.32. The molecule has 1 aliphatic rings. The summed E-state index contributed by atoms with van der Waals surface area (Å²) in [6.07, 6.45) is 3.39. The smallest absolute Gasteiger partial charge is 0.387 e. The highest BCUT2D eigenvalue weighted by atomic mass is 19.3. The van der Waals surface area contributed by atoms with Gasteiger partial charge in [-0.3, -0.25) is 0 Å². The number of rotatable bonds is 4. The molecule has 1 heterocycles. The molecule has 112 valence electrons. The Morgan fingerprint density at radius 2 is 2.00 bits per heavy atom. The van der Waals surface area contributed by atoms with E-state index in [0.29, 0.717) is 5.41 Å². The Kier molecular flexibility index (Phi) is 4.35. The van der Waals surface area contributed by atoms with Crippen molar-refractivity contribution in [3.05, 3.63) is 18.2 Å². The number of halogens is 2. The number of hydrogen-bond donors (Lipinski definition) is 1. The third-order valence-corrected chi connectivity index (χ3v) is 4.40. The Balaban J connectivity index is 2.10. The number of anilines is 2. The molecule has 20 heavy (non-hydrogen) atoms. The Hall–Kier alpha value is -1.52. The molecular formula is C15H22F2N2O. The lowest BCUT2D eigenvalue weighted by molar-refractivity contribution is -0.0493. The maximum Gasteiger partial charge on any atom is 0.387 e. The van der Waals surface area contributed by atoms with Crippen molar-refractivity contribution in [3.63, 3.8) is 0 Å². The van der Waals surface area contributed by atoms with Crippen LogP contribution in [0.15, 0.2) is 18.2 Å². The first kappa shape index (κ1) is 14.9. The van der Waals surface area contributed by atoms with Crippen molar-refractivity contribution in [3.8, 4) is 5.75 Å². The molecule has 5 heteroatoms. The topological polar surface area (TPSA) is 38.5 Å². The van der Waals surface area contributed by atoms with Crippen molar-refractivity contribution in [1.29, 1.82) is 0 Å². The Morgan fingerprint density at radius 1 is 1.35 bits per heavy atom. The quantitative estimate of drug-likeness (QED) is 0.853. The van der Waals surface area contributed by atoms with E-state index < -0.39 is 6.61 Å². The largest absolute Gasteiger partial charge is 0.433 e. The highest BCUT2D eigenvalue weighted by Crippen LogP contribution is 2.37. The minimum Gasteiger partial charge on any atom is -0.433 e. The second kappa shape index (κ2) is 5.85. The number of ether oxygens (including phenoxy) is 1. The molecule has 0 aromatic heterocycles. The zero-order valence-corrected chi connectivity index (χ0v) is 12.0. The standard InChI is InChI=1S/C15H22F2N2O/c1-3-15(2)6-8-19(9-7-15)11-4-5-12(18)13(10-11)20-14(16)17/h4-5,10,14H,3,6-9,18H2,1-2H3. The fourth-order valence-corrected chi connectivity index (χ4v) is 2.58. The van der Waals surface area contributed by atoms with Crippen molar-refractivity contribution in [1.82, 2.24) is 0 Å². The van der Waals surface area contributed by atoms with Gasteiger partial charge in [0.1, 0.15) is 0 Å². The lowest BCUT2D eigenvalue weighted by atomic mass is 9.78. The zero-order chi connectivity index (χ0) is 14.8. The van der Waals surface area contributed by atoms with E-state index in [1.807, 2.05) is 6.07 Å². The molecule has 3 nitrogen and oxygen atoms in total. The molecule has 0 aliphatic carbocycles. The average molecular weight is 284 g/mol. The Morgan fingerprint density at radius 3 is 2.55 bits per heavy atom. The van der Waals surface area contributed by atoms with Crippen LogP contribution in [0.25, 0.3) is 0 Å². The molecule has 1 aromatic carbocycles. The van der Waals surface area contributed by atoms with Crippen LogP contribution in [0.1, 0.15) is 33.1 Å². The van der Waals surface area contributed by atoms with Crippen LogP contribution >= 0.6 is 0 Å². The van der Waals surface area contributed by atoms with E-state index in [9.17, 15) is 8.78 Å². The zero-order valence-electron chi connectivity index (χ0n) is 12.0. The van der Waals surface area contributed by atoms with Crippen LogP contribution < -0.4 is 15.4 Å². The van der Waals surface area contributed by atoms with E-state index >= 15 is 0 Å². The van der Waals surface area contributed by atoms with Crippen molar-refractivity contribution < 1.29 is 13.5 Å². The van der Waals surface area contributed by atoms with Gasteiger partial charge in [-0.05, 0) is 30.4 Å². The number of piperidine rings is 1. The molecule has 0 unspecified atom stereocenters. The van der Waals surface area contributed by atoms with Gasteiger partial charge in [0.2, 0.25) is 0 Å². The van der Waals surface area contributed by atoms with E-state index in [4.69, 9.17) is 5.73 Å². The highest BCUT2D eigenvalue weighted by Gasteiger charge is 2.28. The molecule has 1 fully saturated rings. The molecule has 0 saturated carbocycles. The van der Waals surface area contributed by atoms with Gasteiger partial charge in [0.15, 0.2) is 5.75 Å². The van der Waals surface area contributed by atoms with Gasteiger partial charge < -0.3 is 15.4 Å². The van der Waals surface area contributed by atoms with E-state index in [1.54, 1.807) is 12.1 Å². The van der Waals surface area contributed by atoms with Crippen LogP contribution in [0.2, 0.25) is 0 Å². The monoisotopic (exact) mass is 284 g/mol. The van der Waals surface area contributed by atoms with Gasteiger partial charge in [0, 0.05) is 24.8 Å². The van der Waals surface area contributed by atoms with Gasteiger partial charge in [-0.15, -0.1) is 0 Å². The van der Waals surface area contributed by atoms with Crippen LogP contribution in [0, 0.1) is 5.41 Å². The van der Waals surface area contributed by atoms with Crippen molar-refractivity contribution in [2.75, 3.05) is 23.7 Å². The lowest BCUT2D eigenvalue weighted by Gasteiger charge is -2.40. The molecular weight excluding hydrogens is 262 g/mol. The predicted molar refractivity (Wildman–Crippen MR) is 77.3 cm³/mol. The van der Waals surface area contributed by atoms with E-state index in [0.717, 1.165) is 31.6 Å². The van der Waals surface area contributed by atoms with Crippen molar-refractivity contribution in [2.24, 2.45) is 5.41 Å². The van der Waals surface area contributed by atoms with E-state index in [1.165, 1.54) is 6.42 Å². The Labute approximate surface area is 118 Å². The molecule has 2 N–H and O–H groups in total. The maximum atomic E-state index is 12.3. The van der Waals surface area contributed by atoms with Gasteiger partial charge in [-0.1, -0.05) is 20.3 Å². The summed E-state index contributed by atoms with van der Waals surface area (Å²) in [5.41, 5.74) is 7.19. The number of nitrogens with zero attached hydrogens (tertiary/aromatic N) is 1. The van der Waals surface area contributed by atoms with Crippen LogP contribution in [0.3, 0.4) is 0 Å². The molecule has 0 atom stereocenters. The fourth-order valence-electron chi connectivity index (χ4n) is 2.58. The molecule has 0 radical (unpaired) electrons. The average Bonchev–Trinajstić information content (AvgIpc) is 2.42. The first-order valence-electron chi connectivity index (χ1n) is 7.03. The molecule has 0 spiro atoms. The fraction of sp³-hybridized carbons (Fsp3) is 0.600. The molecule has 0 amide bonds. The van der Waals surface area contributed by atoms with Gasteiger partial charge in [-0.2, -0.15) is 8.78 Å². The van der Waals surface area contributed by atoms with Crippen LogP contribution in [-0.4, -0.2) is 19.7 Å². The minimum atomic E-state index is -2.85. The summed E-state index contributed by atoms with van der Waals surface area (Å²) in [7, 11) is 0. The second-order valence-electron chi connectivity index (χ2n) is 5.75. The van der Waals surface area contributed by atoms with Crippen LogP contribution in [0.4, 0.5) is 20.2 Å². The van der Waals surface area contributed by atoms with Gasteiger partial charge in [0.25, 0.3) is 0 Å². The van der Waals surface area contributed by atoms with Gasteiger partial charge in [-0.25, -0.2) is 0 Å². The number of benzene rings is 1. The number of nitrogens with two attached hydrogens (primary N) is 1. The summed E-state index contributed by atoms with van der Waals surface area (Å²) in [4.78, 5) is 2.20. The van der Waals surface area contributed by atoms with E-state index in [-0.39, 0.29) is 11.4 Å². The summed E-state index contributed by atoms with van der Waals surface area (Å²) < 4.78 is 29.1. The first-order chi connectivity index (χ1) is 9.43. The molecule has 1 saturated heterocycles. The third-order valence-electron chi connectivity index (χ3n) is 4.40. The number of hydrogen-bond acceptors (Lipinski definition) is 3. The minimum absolute atomic E-state index is 0.0568. The summed E-state index contributed by atoms with van der Waals surface area (Å²) in [5, 5.41) is 0. The van der Waals surface area contributed by atoms with Crippen LogP contribution in [-0.2, 0) is 0 Å². The summed E-state index contributed by atoms with van der Waals surface area (Å²) in [5.74, 6) is 0.0568. The van der Waals surface area contributed by atoms with Crippen LogP contribution in [0.5, 0.6) is 5.75 Å². The summed E-state index contributed by atoms with van der Waals surface area (Å²) in [6, 6.07) is 5.10. The molecule has 1 aliphatic heterocycles. The highest BCUT2D eigenvalue weighted by molar-refractivity contribution is 5.62. The van der Waals surface area contributed by atoms with Crippen molar-refractivity contribution in [2.45, 2.75) is 39.7 Å². The molecule has 0 bridgehead atoms. The lowest BCUT2D eigenvalue weighted by Crippen LogP contribution is -2.38. The van der Waals surface area contributed by atoms with E-state index in [2.05, 4.69) is 23.5 Å². The normalized spacial score (nSPS) is 18.4. The van der Waals surface area contributed by atoms with Crippen molar-refractivity contribution >= 4 is 11.4 Å². The van der Waals surface area contributed by atoms with Gasteiger partial charge >= 0.3 is 6.61 Å². The molecule has 2 rings (SSSR count). The molecule has 1 aromatic rings. The summed E-state index contributed by atoms with van der Waals surface area (Å²) in [6.45, 7) is 3.54. The predicted octanol–water partition coefficient (Wildman–Crippen LogP) is 3.89. The second-order valence-corrected chi connectivity index (χ2v) is 5.75. The number of nitrogen functional groups attached to an aromatic ring is 1. The summed E-state index contributed by atoms with van der Waals surface area (Å²) >= 11 is 0. The maximum absolute atomic E-state index is 12.3.